The van der Waals surface area contributed by atoms with E-state index in [-0.39, 0.29) is 0 Å². The van der Waals surface area contributed by atoms with Gasteiger partial charge in [0, 0.05) is 12.0 Å². The maximum absolute atomic E-state index is 5.55. The minimum Gasteiger partial charge on any atom is -0.377 e. The molecule has 72 valence electrons. The van der Waals surface area contributed by atoms with Crippen LogP contribution in [0.2, 0.25) is 0 Å². The van der Waals surface area contributed by atoms with Gasteiger partial charge < -0.3 is 4.74 Å². The summed E-state index contributed by atoms with van der Waals surface area (Å²) in [5.41, 5.74) is 3.58. The number of hydrogen-bond donors (Lipinski definition) is 1. The van der Waals surface area contributed by atoms with Gasteiger partial charge in [0.1, 0.15) is 0 Å². The largest absolute Gasteiger partial charge is 0.377 e. The van der Waals surface area contributed by atoms with E-state index in [1.54, 1.807) is 0 Å². The van der Waals surface area contributed by atoms with Crippen molar-refractivity contribution >= 4 is 10.9 Å². The molecular weight excluding hydrogens is 176 g/mol. The van der Waals surface area contributed by atoms with Gasteiger partial charge >= 0.3 is 0 Å². The fraction of sp³-hybridized carbons (Fsp3) is 0.364. The molecule has 0 amide bonds. The Morgan fingerprint density at radius 1 is 1.36 bits per heavy atom. The van der Waals surface area contributed by atoms with Gasteiger partial charge in [-0.05, 0) is 24.5 Å². The molecule has 0 unspecified atom stereocenters. The number of H-pyrrole nitrogens is 1. The SMILES string of the molecule is c1cc2c3c(n[nH]c3c1)CCCOC2. The Labute approximate surface area is 82.1 Å². The van der Waals surface area contributed by atoms with Crippen LogP contribution >= 0.6 is 0 Å². The molecule has 1 N–H and O–H groups in total. The molecule has 3 rings (SSSR count). The Morgan fingerprint density at radius 2 is 2.36 bits per heavy atom. The van der Waals surface area contributed by atoms with Crippen molar-refractivity contribution in [3.05, 3.63) is 29.5 Å². The van der Waals surface area contributed by atoms with Crippen molar-refractivity contribution in [2.24, 2.45) is 0 Å². The van der Waals surface area contributed by atoms with Crippen molar-refractivity contribution in [3.8, 4) is 0 Å². The van der Waals surface area contributed by atoms with E-state index in [9.17, 15) is 0 Å². The van der Waals surface area contributed by atoms with Gasteiger partial charge in [-0.15, -0.1) is 0 Å². The molecule has 1 aliphatic heterocycles. The highest BCUT2D eigenvalue weighted by molar-refractivity contribution is 5.84. The second-order valence-electron chi connectivity index (χ2n) is 3.67. The minimum absolute atomic E-state index is 0.712. The fourth-order valence-corrected chi connectivity index (χ4v) is 2.04. The van der Waals surface area contributed by atoms with Gasteiger partial charge in [-0.25, -0.2) is 0 Å². The van der Waals surface area contributed by atoms with E-state index < -0.39 is 0 Å². The molecule has 3 nitrogen and oxygen atoms in total. The van der Waals surface area contributed by atoms with Gasteiger partial charge in [0.05, 0.1) is 17.8 Å². The van der Waals surface area contributed by atoms with Gasteiger partial charge in [-0.2, -0.15) is 5.10 Å². The van der Waals surface area contributed by atoms with Gasteiger partial charge in [-0.1, -0.05) is 12.1 Å². The lowest BCUT2D eigenvalue weighted by Gasteiger charge is -2.10. The van der Waals surface area contributed by atoms with Crippen LogP contribution in [0.15, 0.2) is 18.2 Å². The second kappa shape index (κ2) is 3.10. The Kier molecular flexibility index (Phi) is 1.77. The predicted octanol–water partition coefficient (Wildman–Crippen LogP) is 2.03. The third-order valence-electron chi connectivity index (χ3n) is 2.71. The maximum atomic E-state index is 5.55. The summed E-state index contributed by atoms with van der Waals surface area (Å²) in [6.07, 6.45) is 2.07. The number of nitrogens with zero attached hydrogens (tertiary/aromatic N) is 1. The number of benzene rings is 1. The van der Waals surface area contributed by atoms with E-state index in [4.69, 9.17) is 4.74 Å². The zero-order valence-electron chi connectivity index (χ0n) is 7.92. The summed E-state index contributed by atoms with van der Waals surface area (Å²) >= 11 is 0. The lowest BCUT2D eigenvalue weighted by atomic mass is 10.0. The molecule has 3 heteroatoms. The molecule has 1 aromatic heterocycles. The molecule has 0 saturated heterocycles. The van der Waals surface area contributed by atoms with Crippen LogP contribution in [0.25, 0.3) is 10.9 Å². The minimum atomic E-state index is 0.712. The Morgan fingerprint density at radius 3 is 3.36 bits per heavy atom. The van der Waals surface area contributed by atoms with E-state index in [0.717, 1.165) is 25.0 Å². The third-order valence-corrected chi connectivity index (χ3v) is 2.71. The third kappa shape index (κ3) is 1.13. The number of aromatic amines is 1. The van der Waals surface area contributed by atoms with Crippen LogP contribution in [0.1, 0.15) is 17.7 Å². The number of aryl methyl sites for hydroxylation is 1. The molecule has 0 saturated carbocycles. The Bertz CT molecular complexity index is 461. The van der Waals surface area contributed by atoms with Gasteiger partial charge in [0.25, 0.3) is 0 Å². The van der Waals surface area contributed by atoms with E-state index in [0.29, 0.717) is 6.61 Å². The normalized spacial score (nSPS) is 16.6. The lowest BCUT2D eigenvalue weighted by molar-refractivity contribution is 0.118. The molecule has 0 fully saturated rings. The van der Waals surface area contributed by atoms with Crippen LogP contribution in [0.5, 0.6) is 0 Å². The highest BCUT2D eigenvalue weighted by atomic mass is 16.5. The molecule has 2 aromatic rings. The molecule has 0 aliphatic carbocycles. The van der Waals surface area contributed by atoms with Gasteiger partial charge in [0.2, 0.25) is 0 Å². The van der Waals surface area contributed by atoms with Crippen LogP contribution in [0.3, 0.4) is 0 Å². The number of aromatic nitrogens is 2. The van der Waals surface area contributed by atoms with Crippen LogP contribution < -0.4 is 0 Å². The molecule has 1 aliphatic rings. The first kappa shape index (κ1) is 8.00. The quantitative estimate of drug-likeness (QED) is 0.686. The smallest absolute Gasteiger partial charge is 0.0724 e. The second-order valence-corrected chi connectivity index (χ2v) is 3.67. The number of nitrogens with one attached hydrogen (secondary N) is 1. The topological polar surface area (TPSA) is 37.9 Å². The molecule has 0 spiro atoms. The lowest BCUT2D eigenvalue weighted by Crippen LogP contribution is -2.02. The van der Waals surface area contributed by atoms with Crippen molar-refractivity contribution in [1.82, 2.24) is 10.2 Å². The molecule has 1 aromatic carbocycles. The fourth-order valence-electron chi connectivity index (χ4n) is 2.04. The molecular formula is C11H12N2O. The van der Waals surface area contributed by atoms with Crippen LogP contribution in [0, 0.1) is 0 Å². The maximum Gasteiger partial charge on any atom is 0.0724 e. The summed E-state index contributed by atoms with van der Waals surface area (Å²) in [6, 6.07) is 6.23. The van der Waals surface area contributed by atoms with E-state index in [2.05, 4.69) is 22.3 Å². The number of ether oxygens (including phenoxy) is 1. The van der Waals surface area contributed by atoms with Crippen molar-refractivity contribution in [3.63, 3.8) is 0 Å². The Balaban J connectivity index is 2.28. The van der Waals surface area contributed by atoms with Crippen molar-refractivity contribution in [1.29, 1.82) is 0 Å². The van der Waals surface area contributed by atoms with Crippen LogP contribution in [-0.2, 0) is 17.8 Å². The van der Waals surface area contributed by atoms with Crippen molar-refractivity contribution in [2.45, 2.75) is 19.4 Å². The molecule has 0 atom stereocenters. The van der Waals surface area contributed by atoms with Crippen LogP contribution in [0.4, 0.5) is 0 Å². The first-order valence-corrected chi connectivity index (χ1v) is 4.98. The summed E-state index contributed by atoms with van der Waals surface area (Å²) in [7, 11) is 0. The predicted molar refractivity (Wildman–Crippen MR) is 54.1 cm³/mol. The summed E-state index contributed by atoms with van der Waals surface area (Å²) in [6.45, 7) is 1.55. The standard InChI is InChI=1S/C11H12N2O/c1-3-8-7-14-6-2-5-10-11(8)9(4-1)12-13-10/h1,3-4H,2,5-7H2,(H,12,13). The summed E-state index contributed by atoms with van der Waals surface area (Å²) in [4.78, 5) is 0. The van der Waals surface area contributed by atoms with E-state index in [1.165, 1.54) is 16.6 Å². The summed E-state index contributed by atoms with van der Waals surface area (Å²) in [5, 5.41) is 8.69. The van der Waals surface area contributed by atoms with E-state index >= 15 is 0 Å². The Hall–Kier alpha value is -1.35. The number of hydrogen-bond acceptors (Lipinski definition) is 2. The first-order valence-electron chi connectivity index (χ1n) is 4.98. The van der Waals surface area contributed by atoms with Crippen LogP contribution in [-0.4, -0.2) is 16.8 Å². The van der Waals surface area contributed by atoms with Crippen molar-refractivity contribution < 1.29 is 4.74 Å². The van der Waals surface area contributed by atoms with E-state index in [1.807, 2.05) is 6.07 Å². The average Bonchev–Trinajstić information content (AvgIpc) is 2.57. The number of rotatable bonds is 0. The highest BCUT2D eigenvalue weighted by Gasteiger charge is 2.12. The zero-order chi connectivity index (χ0) is 9.38. The van der Waals surface area contributed by atoms with Gasteiger partial charge in [-0.3, -0.25) is 5.10 Å². The molecule has 2 heterocycles. The monoisotopic (exact) mass is 188 g/mol. The van der Waals surface area contributed by atoms with Gasteiger partial charge in [0.15, 0.2) is 0 Å². The summed E-state index contributed by atoms with van der Waals surface area (Å²) in [5.74, 6) is 0. The summed E-state index contributed by atoms with van der Waals surface area (Å²) < 4.78 is 5.55. The molecule has 0 bridgehead atoms. The average molecular weight is 188 g/mol. The zero-order valence-corrected chi connectivity index (χ0v) is 7.92. The molecule has 0 radical (unpaired) electrons. The highest BCUT2D eigenvalue weighted by Crippen LogP contribution is 2.24. The van der Waals surface area contributed by atoms with Crippen molar-refractivity contribution in [2.75, 3.05) is 6.61 Å². The molecule has 14 heavy (non-hydrogen) atoms. The first-order chi connectivity index (χ1) is 6.95.